The molecule has 0 atom stereocenters. The van der Waals surface area contributed by atoms with Crippen molar-refractivity contribution in [3.8, 4) is 0 Å². The van der Waals surface area contributed by atoms with Crippen LogP contribution in [-0.2, 0) is 6.54 Å². The number of hydrogen-bond acceptors (Lipinski definition) is 2. The fourth-order valence-corrected chi connectivity index (χ4v) is 2.71. The van der Waals surface area contributed by atoms with E-state index in [1.54, 1.807) is 0 Å². The summed E-state index contributed by atoms with van der Waals surface area (Å²) in [5.41, 5.74) is 3.10. The fourth-order valence-electron chi connectivity index (χ4n) is 2.71. The molecule has 0 amide bonds. The van der Waals surface area contributed by atoms with Crippen molar-refractivity contribution < 1.29 is 0 Å². The molecule has 0 bridgehead atoms. The number of anilines is 1. The normalized spacial score (nSPS) is 19.1. The average Bonchev–Trinajstić information content (AvgIpc) is 3.25. The number of rotatable bonds is 6. The predicted molar refractivity (Wildman–Crippen MR) is 86.1 cm³/mol. The van der Waals surface area contributed by atoms with Gasteiger partial charge in [-0.1, -0.05) is 18.2 Å². The molecule has 2 aliphatic rings. The maximum atomic E-state index is 3.64. The van der Waals surface area contributed by atoms with Crippen LogP contribution < -0.4 is 10.2 Å². The lowest BCUT2D eigenvalue weighted by Crippen LogP contribution is -2.36. The minimum atomic E-state index is 0.175. The van der Waals surface area contributed by atoms with Crippen molar-refractivity contribution in [3.05, 3.63) is 29.8 Å². The second-order valence-corrected chi connectivity index (χ2v) is 7.56. The van der Waals surface area contributed by atoms with Crippen LogP contribution in [0.2, 0.25) is 0 Å². The average molecular weight is 272 g/mol. The largest absolute Gasteiger partial charge is 0.368 e. The van der Waals surface area contributed by atoms with Crippen LogP contribution in [0.5, 0.6) is 0 Å². The summed E-state index contributed by atoms with van der Waals surface area (Å²) in [7, 11) is 0. The van der Waals surface area contributed by atoms with Crippen LogP contribution in [0, 0.1) is 5.92 Å². The summed E-state index contributed by atoms with van der Waals surface area (Å²) in [4.78, 5) is 2.69. The second kappa shape index (κ2) is 5.40. The maximum Gasteiger partial charge on any atom is 0.0414 e. The highest BCUT2D eigenvalue weighted by molar-refractivity contribution is 5.55. The van der Waals surface area contributed by atoms with E-state index in [1.807, 2.05) is 0 Å². The maximum absolute atomic E-state index is 3.64. The second-order valence-electron chi connectivity index (χ2n) is 7.56. The van der Waals surface area contributed by atoms with Gasteiger partial charge in [0.05, 0.1) is 0 Å². The van der Waals surface area contributed by atoms with Gasteiger partial charge in [0.25, 0.3) is 0 Å². The number of hydrogen-bond donors (Lipinski definition) is 1. The predicted octanol–water partition coefficient (Wildman–Crippen LogP) is 3.95. The first kappa shape index (κ1) is 13.9. The Balaban J connectivity index is 1.76. The number of benzene rings is 1. The Hall–Kier alpha value is -1.02. The van der Waals surface area contributed by atoms with E-state index in [0.29, 0.717) is 0 Å². The molecule has 0 aromatic heterocycles. The summed E-state index contributed by atoms with van der Waals surface area (Å²) < 4.78 is 0. The summed E-state index contributed by atoms with van der Waals surface area (Å²) in [5.74, 6) is 0.958. The van der Waals surface area contributed by atoms with Gasteiger partial charge in [-0.3, -0.25) is 0 Å². The first-order chi connectivity index (χ1) is 9.53. The van der Waals surface area contributed by atoms with Gasteiger partial charge in [0.15, 0.2) is 0 Å². The Labute approximate surface area is 123 Å². The molecular formula is C18H28N2. The van der Waals surface area contributed by atoms with E-state index < -0.39 is 0 Å². The minimum absolute atomic E-state index is 0.175. The summed E-state index contributed by atoms with van der Waals surface area (Å²) >= 11 is 0. The molecule has 0 aliphatic heterocycles. The van der Waals surface area contributed by atoms with Crippen LogP contribution in [0.15, 0.2) is 24.3 Å². The molecule has 20 heavy (non-hydrogen) atoms. The fraction of sp³-hybridized carbons (Fsp3) is 0.667. The summed E-state index contributed by atoms with van der Waals surface area (Å²) in [6.45, 7) is 8.94. The van der Waals surface area contributed by atoms with E-state index in [9.17, 15) is 0 Å². The van der Waals surface area contributed by atoms with E-state index in [2.05, 4.69) is 55.3 Å². The lowest BCUT2D eigenvalue weighted by atomic mass is 10.1. The van der Waals surface area contributed by atoms with E-state index >= 15 is 0 Å². The Morgan fingerprint density at radius 1 is 1.10 bits per heavy atom. The van der Waals surface area contributed by atoms with Crippen LogP contribution in [0.4, 0.5) is 5.69 Å². The van der Waals surface area contributed by atoms with E-state index in [0.717, 1.165) is 18.5 Å². The molecule has 2 heteroatoms. The monoisotopic (exact) mass is 272 g/mol. The SMILES string of the molecule is CC(C)(C)NCc1ccccc1N(CC1CC1)C1CC1. The van der Waals surface area contributed by atoms with Crippen molar-refractivity contribution in [2.75, 3.05) is 11.4 Å². The van der Waals surface area contributed by atoms with Gasteiger partial charge in [-0.2, -0.15) is 0 Å². The zero-order valence-corrected chi connectivity index (χ0v) is 13.2. The number of nitrogens with one attached hydrogen (secondary N) is 1. The summed E-state index contributed by atoms with van der Waals surface area (Å²) in [6, 6.07) is 9.78. The molecule has 0 heterocycles. The topological polar surface area (TPSA) is 15.3 Å². The third kappa shape index (κ3) is 3.76. The number of para-hydroxylation sites is 1. The quantitative estimate of drug-likeness (QED) is 0.843. The first-order valence-electron chi connectivity index (χ1n) is 8.12. The van der Waals surface area contributed by atoms with Gasteiger partial charge in [-0.15, -0.1) is 0 Å². The standard InChI is InChI=1S/C18H28N2/c1-18(2,3)19-12-15-6-4-5-7-17(15)20(16-10-11-16)13-14-8-9-14/h4-7,14,16,19H,8-13H2,1-3H3. The van der Waals surface area contributed by atoms with Crippen LogP contribution in [-0.4, -0.2) is 18.1 Å². The Morgan fingerprint density at radius 2 is 1.80 bits per heavy atom. The lowest BCUT2D eigenvalue weighted by Gasteiger charge is -2.29. The van der Waals surface area contributed by atoms with Crippen LogP contribution in [0.3, 0.4) is 0 Å². The van der Waals surface area contributed by atoms with Crippen LogP contribution in [0.1, 0.15) is 52.0 Å². The van der Waals surface area contributed by atoms with Gasteiger partial charge in [0.1, 0.15) is 0 Å². The smallest absolute Gasteiger partial charge is 0.0414 e. The summed E-state index contributed by atoms with van der Waals surface area (Å²) in [6.07, 6.45) is 5.64. The van der Waals surface area contributed by atoms with Gasteiger partial charge < -0.3 is 10.2 Å². The third-order valence-electron chi connectivity index (χ3n) is 4.25. The lowest BCUT2D eigenvalue weighted by molar-refractivity contribution is 0.424. The highest BCUT2D eigenvalue weighted by Gasteiger charge is 2.34. The molecule has 2 nitrogen and oxygen atoms in total. The zero-order chi connectivity index (χ0) is 14.2. The van der Waals surface area contributed by atoms with Gasteiger partial charge in [-0.25, -0.2) is 0 Å². The zero-order valence-electron chi connectivity index (χ0n) is 13.2. The third-order valence-corrected chi connectivity index (χ3v) is 4.25. The Morgan fingerprint density at radius 3 is 2.40 bits per heavy atom. The highest BCUT2D eigenvalue weighted by Crippen LogP contribution is 2.38. The highest BCUT2D eigenvalue weighted by atomic mass is 15.2. The van der Waals surface area contributed by atoms with Crippen molar-refractivity contribution in [3.63, 3.8) is 0 Å². The van der Waals surface area contributed by atoms with E-state index in [-0.39, 0.29) is 5.54 Å². The van der Waals surface area contributed by atoms with E-state index in [4.69, 9.17) is 0 Å². The van der Waals surface area contributed by atoms with Gasteiger partial charge in [0.2, 0.25) is 0 Å². The molecule has 1 aromatic rings. The Kier molecular flexibility index (Phi) is 3.76. The Bertz CT molecular complexity index is 453. The molecule has 1 aromatic carbocycles. The van der Waals surface area contributed by atoms with E-state index in [1.165, 1.54) is 43.5 Å². The molecule has 2 fully saturated rings. The van der Waals surface area contributed by atoms with Crippen molar-refractivity contribution in [1.29, 1.82) is 0 Å². The molecule has 2 aliphatic carbocycles. The molecule has 3 rings (SSSR count). The van der Waals surface area contributed by atoms with Crippen molar-refractivity contribution in [2.24, 2.45) is 5.92 Å². The molecule has 2 saturated carbocycles. The van der Waals surface area contributed by atoms with Crippen molar-refractivity contribution >= 4 is 5.69 Å². The van der Waals surface area contributed by atoms with Gasteiger partial charge in [-0.05, 0) is 64.0 Å². The van der Waals surface area contributed by atoms with Gasteiger partial charge >= 0.3 is 0 Å². The van der Waals surface area contributed by atoms with Crippen molar-refractivity contribution in [1.82, 2.24) is 5.32 Å². The van der Waals surface area contributed by atoms with Gasteiger partial charge in [0, 0.05) is 30.4 Å². The molecule has 0 radical (unpaired) electrons. The van der Waals surface area contributed by atoms with Crippen LogP contribution in [0.25, 0.3) is 0 Å². The summed E-state index contributed by atoms with van der Waals surface area (Å²) in [5, 5.41) is 3.64. The molecular weight excluding hydrogens is 244 g/mol. The minimum Gasteiger partial charge on any atom is -0.368 e. The first-order valence-corrected chi connectivity index (χ1v) is 8.12. The molecule has 0 unspecified atom stereocenters. The number of nitrogens with zero attached hydrogens (tertiary/aromatic N) is 1. The van der Waals surface area contributed by atoms with Crippen LogP contribution >= 0.6 is 0 Å². The molecule has 0 saturated heterocycles. The van der Waals surface area contributed by atoms with Crippen molar-refractivity contribution in [2.45, 2.75) is 64.6 Å². The molecule has 1 N–H and O–H groups in total. The molecule has 0 spiro atoms. The molecule has 110 valence electrons.